The summed E-state index contributed by atoms with van der Waals surface area (Å²) in [7, 11) is 0. The van der Waals surface area contributed by atoms with Gasteiger partial charge in [0, 0.05) is 13.0 Å². The molecule has 110 valence electrons. The summed E-state index contributed by atoms with van der Waals surface area (Å²) in [6.07, 6.45) is 0.463. The molecule has 20 heavy (non-hydrogen) atoms. The zero-order valence-electron chi connectivity index (χ0n) is 10.6. The van der Waals surface area contributed by atoms with E-state index in [1.165, 1.54) is 24.3 Å². The molecule has 0 saturated carbocycles. The molecule has 0 aliphatic heterocycles. The van der Waals surface area contributed by atoms with Gasteiger partial charge in [0.1, 0.15) is 5.75 Å². The van der Waals surface area contributed by atoms with E-state index in [-0.39, 0.29) is 31.0 Å². The van der Waals surface area contributed by atoms with Crippen LogP contribution in [-0.2, 0) is 16.0 Å². The van der Waals surface area contributed by atoms with Crippen molar-refractivity contribution in [2.45, 2.75) is 25.9 Å². The lowest BCUT2D eigenvalue weighted by Crippen LogP contribution is -2.26. The van der Waals surface area contributed by atoms with Crippen LogP contribution in [0.2, 0.25) is 0 Å². The molecule has 1 amide bonds. The normalized spacial score (nSPS) is 10.3. The van der Waals surface area contributed by atoms with Crippen LogP contribution in [0.3, 0.4) is 0 Å². The summed E-state index contributed by atoms with van der Waals surface area (Å²) in [5, 5.41) is 11.0. The molecule has 0 aliphatic rings. The van der Waals surface area contributed by atoms with Crippen LogP contribution in [-0.4, -0.2) is 30.1 Å². The smallest absolute Gasteiger partial charge is 0.387 e. The quantitative estimate of drug-likeness (QED) is 0.715. The van der Waals surface area contributed by atoms with Gasteiger partial charge in [-0.25, -0.2) is 0 Å². The van der Waals surface area contributed by atoms with Crippen LogP contribution in [0.4, 0.5) is 8.78 Å². The van der Waals surface area contributed by atoms with E-state index in [1.807, 2.05) is 0 Å². The first-order chi connectivity index (χ1) is 9.47. The number of alkyl halides is 2. The highest BCUT2D eigenvalue weighted by atomic mass is 19.3. The molecule has 0 fully saturated rings. The van der Waals surface area contributed by atoms with Gasteiger partial charge in [0.2, 0.25) is 5.91 Å². The van der Waals surface area contributed by atoms with E-state index in [9.17, 15) is 18.4 Å². The van der Waals surface area contributed by atoms with Gasteiger partial charge >= 0.3 is 12.6 Å². The Hall–Kier alpha value is -2.18. The van der Waals surface area contributed by atoms with E-state index < -0.39 is 12.6 Å². The molecule has 0 saturated heterocycles. The predicted molar refractivity (Wildman–Crippen MR) is 66.7 cm³/mol. The predicted octanol–water partition coefficient (Wildman–Crippen LogP) is 1.81. The number of rotatable bonds is 8. The summed E-state index contributed by atoms with van der Waals surface area (Å²) in [4.78, 5) is 21.8. The molecule has 0 radical (unpaired) electrons. The number of hydrogen-bond donors (Lipinski definition) is 2. The number of aliphatic carboxylic acids is 1. The number of halogens is 2. The lowest BCUT2D eigenvalue weighted by molar-refractivity contribution is -0.137. The number of carbonyl (C=O) groups is 2. The number of hydrogen-bond acceptors (Lipinski definition) is 3. The van der Waals surface area contributed by atoms with Crippen molar-refractivity contribution in [3.63, 3.8) is 0 Å². The first-order valence-corrected chi connectivity index (χ1v) is 5.99. The van der Waals surface area contributed by atoms with Crippen LogP contribution in [0, 0.1) is 0 Å². The molecule has 1 aromatic rings. The van der Waals surface area contributed by atoms with Crippen molar-refractivity contribution >= 4 is 11.9 Å². The molecular weight excluding hydrogens is 272 g/mol. The molecule has 1 aromatic carbocycles. The Morgan fingerprint density at radius 1 is 1.25 bits per heavy atom. The molecule has 0 heterocycles. The number of benzene rings is 1. The maximum absolute atomic E-state index is 11.9. The SMILES string of the molecule is O=C(O)CCCNC(=O)Cc1ccc(OC(F)F)cc1. The van der Waals surface area contributed by atoms with Crippen molar-refractivity contribution in [2.75, 3.05) is 6.54 Å². The van der Waals surface area contributed by atoms with Crippen LogP contribution in [0.5, 0.6) is 5.75 Å². The van der Waals surface area contributed by atoms with Crippen LogP contribution in [0.1, 0.15) is 18.4 Å². The topological polar surface area (TPSA) is 75.6 Å². The molecule has 2 N–H and O–H groups in total. The second kappa shape index (κ2) is 8.08. The average molecular weight is 287 g/mol. The fourth-order valence-electron chi connectivity index (χ4n) is 1.50. The molecule has 5 nitrogen and oxygen atoms in total. The lowest BCUT2D eigenvalue weighted by atomic mass is 10.1. The lowest BCUT2D eigenvalue weighted by Gasteiger charge is -2.06. The van der Waals surface area contributed by atoms with Crippen molar-refractivity contribution in [1.82, 2.24) is 5.32 Å². The Morgan fingerprint density at radius 2 is 1.90 bits per heavy atom. The van der Waals surface area contributed by atoms with Crippen LogP contribution in [0.15, 0.2) is 24.3 Å². The van der Waals surface area contributed by atoms with Gasteiger partial charge < -0.3 is 15.2 Å². The van der Waals surface area contributed by atoms with Gasteiger partial charge in [0.05, 0.1) is 6.42 Å². The van der Waals surface area contributed by atoms with Crippen LogP contribution < -0.4 is 10.1 Å². The van der Waals surface area contributed by atoms with E-state index >= 15 is 0 Å². The molecule has 0 atom stereocenters. The van der Waals surface area contributed by atoms with Gasteiger partial charge in [-0.15, -0.1) is 0 Å². The van der Waals surface area contributed by atoms with E-state index in [0.717, 1.165) is 0 Å². The third kappa shape index (κ3) is 6.67. The number of carboxylic acids is 1. The number of ether oxygens (including phenoxy) is 1. The minimum atomic E-state index is -2.88. The summed E-state index contributed by atoms with van der Waals surface area (Å²) >= 11 is 0. The molecule has 7 heteroatoms. The molecule has 0 spiro atoms. The van der Waals surface area contributed by atoms with Crippen molar-refractivity contribution in [2.24, 2.45) is 0 Å². The molecule has 0 aliphatic carbocycles. The standard InChI is InChI=1S/C13H15F2NO4/c14-13(15)20-10-5-3-9(4-6-10)8-11(17)16-7-1-2-12(18)19/h3-6,13H,1-2,7-8H2,(H,16,17)(H,18,19). The number of carbonyl (C=O) groups excluding carboxylic acids is 1. The van der Waals surface area contributed by atoms with Crippen molar-refractivity contribution in [1.29, 1.82) is 0 Å². The Balaban J connectivity index is 2.32. The van der Waals surface area contributed by atoms with E-state index in [2.05, 4.69) is 10.1 Å². The van der Waals surface area contributed by atoms with Gasteiger partial charge in [0.15, 0.2) is 0 Å². The van der Waals surface area contributed by atoms with Crippen LogP contribution in [0.25, 0.3) is 0 Å². The maximum atomic E-state index is 11.9. The highest BCUT2D eigenvalue weighted by molar-refractivity contribution is 5.78. The largest absolute Gasteiger partial charge is 0.481 e. The van der Waals surface area contributed by atoms with Gasteiger partial charge in [-0.2, -0.15) is 8.78 Å². The van der Waals surface area contributed by atoms with Gasteiger partial charge in [-0.1, -0.05) is 12.1 Å². The first kappa shape index (κ1) is 15.9. The van der Waals surface area contributed by atoms with E-state index in [0.29, 0.717) is 12.0 Å². The molecule has 0 bridgehead atoms. The third-order valence-corrected chi connectivity index (χ3v) is 2.40. The molecule has 0 aromatic heterocycles. The summed E-state index contributed by atoms with van der Waals surface area (Å²) in [6, 6.07) is 5.77. The summed E-state index contributed by atoms with van der Waals surface area (Å²) in [6.45, 7) is -2.59. The second-order valence-electron chi connectivity index (χ2n) is 4.05. The summed E-state index contributed by atoms with van der Waals surface area (Å²) in [5.41, 5.74) is 0.655. The van der Waals surface area contributed by atoms with Crippen molar-refractivity contribution in [3.8, 4) is 5.75 Å². The number of amides is 1. The Bertz CT molecular complexity index is 448. The Labute approximate surface area is 114 Å². The van der Waals surface area contributed by atoms with Crippen LogP contribution >= 0.6 is 0 Å². The average Bonchev–Trinajstić information content (AvgIpc) is 2.36. The second-order valence-corrected chi connectivity index (χ2v) is 4.05. The molecule has 1 rings (SSSR count). The van der Waals surface area contributed by atoms with E-state index in [4.69, 9.17) is 5.11 Å². The monoisotopic (exact) mass is 287 g/mol. The maximum Gasteiger partial charge on any atom is 0.387 e. The molecular formula is C13H15F2NO4. The zero-order chi connectivity index (χ0) is 15.0. The van der Waals surface area contributed by atoms with Crippen molar-refractivity contribution in [3.05, 3.63) is 29.8 Å². The van der Waals surface area contributed by atoms with E-state index in [1.54, 1.807) is 0 Å². The highest BCUT2D eigenvalue weighted by Crippen LogP contribution is 2.15. The minimum absolute atomic E-state index is 0.0000555. The minimum Gasteiger partial charge on any atom is -0.481 e. The third-order valence-electron chi connectivity index (χ3n) is 2.40. The zero-order valence-corrected chi connectivity index (χ0v) is 10.6. The van der Waals surface area contributed by atoms with Crippen molar-refractivity contribution < 1.29 is 28.2 Å². The van der Waals surface area contributed by atoms with Gasteiger partial charge in [0.25, 0.3) is 0 Å². The van der Waals surface area contributed by atoms with Gasteiger partial charge in [-0.3, -0.25) is 9.59 Å². The fraction of sp³-hybridized carbons (Fsp3) is 0.385. The Kier molecular flexibility index (Phi) is 6.42. The Morgan fingerprint density at radius 3 is 2.45 bits per heavy atom. The fourth-order valence-corrected chi connectivity index (χ4v) is 1.50. The number of nitrogens with one attached hydrogen (secondary N) is 1. The summed E-state index contributed by atoms with van der Waals surface area (Å²) < 4.78 is 28.1. The number of carboxylic acid groups (broad SMARTS) is 1. The van der Waals surface area contributed by atoms with Gasteiger partial charge in [-0.05, 0) is 24.1 Å². The summed E-state index contributed by atoms with van der Waals surface area (Å²) in [5.74, 6) is -1.13. The highest BCUT2D eigenvalue weighted by Gasteiger charge is 2.06. The first-order valence-electron chi connectivity index (χ1n) is 5.99. The molecule has 0 unspecified atom stereocenters.